The van der Waals surface area contributed by atoms with E-state index < -0.39 is 24.1 Å². The Hall–Kier alpha value is -1.04. The van der Waals surface area contributed by atoms with Crippen molar-refractivity contribution in [2.24, 2.45) is 11.8 Å². The van der Waals surface area contributed by atoms with Crippen molar-refractivity contribution in [3.05, 3.63) is 0 Å². The second kappa shape index (κ2) is 10.7. The smallest absolute Gasteiger partial charge is 0.413 e. The normalized spacial score (nSPS) is 37.6. The van der Waals surface area contributed by atoms with Gasteiger partial charge in [-0.3, -0.25) is 20.2 Å². The van der Waals surface area contributed by atoms with Crippen LogP contribution in [0.25, 0.3) is 0 Å². The van der Waals surface area contributed by atoms with Gasteiger partial charge in [0.2, 0.25) is 11.8 Å². The number of piperidine rings is 1. The van der Waals surface area contributed by atoms with Gasteiger partial charge < -0.3 is 15.4 Å². The summed E-state index contributed by atoms with van der Waals surface area (Å²) in [5.74, 6) is -0.110. The van der Waals surface area contributed by atoms with Crippen molar-refractivity contribution in [3.63, 3.8) is 0 Å². The number of carbonyl (C=O) groups excluding carboxylic acids is 3. The Labute approximate surface area is 190 Å². The van der Waals surface area contributed by atoms with Gasteiger partial charge in [0, 0.05) is 17.8 Å². The van der Waals surface area contributed by atoms with E-state index >= 15 is 0 Å². The van der Waals surface area contributed by atoms with Crippen LogP contribution in [0.4, 0.5) is 9.18 Å². The molecule has 4 rings (SSSR count). The summed E-state index contributed by atoms with van der Waals surface area (Å²) in [6, 6.07) is 0.291. The Bertz CT molecular complexity index is 666. The van der Waals surface area contributed by atoms with Crippen LogP contribution in [-0.2, 0) is 14.3 Å². The van der Waals surface area contributed by atoms with Crippen LogP contribution < -0.4 is 21.3 Å². The van der Waals surface area contributed by atoms with Crippen LogP contribution in [-0.4, -0.2) is 71.6 Å². The number of alkyl carbamates (subject to hydrolysis) is 1. The van der Waals surface area contributed by atoms with Crippen LogP contribution in [0.5, 0.6) is 0 Å². The number of nitrogens with one attached hydrogen (secondary N) is 4. The van der Waals surface area contributed by atoms with Gasteiger partial charge in [-0.25, -0.2) is 9.18 Å². The number of hydrogen-bond acceptors (Lipinski definition) is 8. The molecule has 4 aliphatic rings. The lowest BCUT2D eigenvalue weighted by Gasteiger charge is -2.24. The highest BCUT2D eigenvalue weighted by Crippen LogP contribution is 2.34. The first-order valence-electron chi connectivity index (χ1n) is 11.2. The lowest BCUT2D eigenvalue weighted by atomic mass is 9.89. The summed E-state index contributed by atoms with van der Waals surface area (Å²) in [7, 11) is 0. The number of halogens is 1. The monoisotopic (exact) mass is 474 g/mol. The Morgan fingerprint density at radius 3 is 2.65 bits per heavy atom. The van der Waals surface area contributed by atoms with E-state index in [0.717, 1.165) is 25.3 Å². The van der Waals surface area contributed by atoms with E-state index in [-0.39, 0.29) is 29.2 Å². The number of fused-ring (bicyclic) bond motifs is 1. The van der Waals surface area contributed by atoms with Gasteiger partial charge in [-0.15, -0.1) is 23.5 Å². The Morgan fingerprint density at radius 1 is 1.06 bits per heavy atom. The van der Waals surface area contributed by atoms with Gasteiger partial charge in [-0.05, 0) is 56.7 Å². The maximum Gasteiger partial charge on any atom is 0.413 e. The molecule has 8 nitrogen and oxygen atoms in total. The maximum atomic E-state index is 13.2. The number of carbonyl (C=O) groups is 3. The van der Waals surface area contributed by atoms with Gasteiger partial charge in [0.05, 0.1) is 17.9 Å². The number of ether oxygens (including phenoxy) is 1. The predicted octanol–water partition coefficient (Wildman–Crippen LogP) is 1.36. The van der Waals surface area contributed by atoms with E-state index in [0.29, 0.717) is 43.4 Å². The van der Waals surface area contributed by atoms with E-state index in [1.165, 1.54) is 11.8 Å². The summed E-state index contributed by atoms with van der Waals surface area (Å²) in [5.41, 5.74) is 0. The summed E-state index contributed by atoms with van der Waals surface area (Å²) in [5, 5.41) is 11.8. The SMILES string of the molecule is O=C(NC(=O)C1CCSC1NC(=O)C1NC2CNCCC2S1)OCC1CCC(F)CC1. The second-order valence-corrected chi connectivity index (χ2v) is 11.3. The molecule has 11 heteroatoms. The van der Waals surface area contributed by atoms with Gasteiger partial charge >= 0.3 is 6.09 Å². The third kappa shape index (κ3) is 6.06. The molecule has 1 saturated carbocycles. The maximum absolute atomic E-state index is 13.2. The zero-order chi connectivity index (χ0) is 21.8. The molecule has 0 radical (unpaired) electrons. The summed E-state index contributed by atoms with van der Waals surface area (Å²) < 4.78 is 18.4. The van der Waals surface area contributed by atoms with Crippen molar-refractivity contribution in [2.45, 2.75) is 66.7 Å². The highest BCUT2D eigenvalue weighted by molar-refractivity contribution is 8.01. The minimum Gasteiger partial charge on any atom is -0.449 e. The van der Waals surface area contributed by atoms with Crippen molar-refractivity contribution in [1.29, 1.82) is 0 Å². The number of rotatable bonds is 5. The average Bonchev–Trinajstić information content (AvgIpc) is 3.40. The summed E-state index contributed by atoms with van der Waals surface area (Å²) in [4.78, 5) is 37.4. The number of amides is 3. The Balaban J connectivity index is 1.21. The van der Waals surface area contributed by atoms with Crippen molar-refractivity contribution in [1.82, 2.24) is 21.3 Å². The number of alkyl halides is 1. The summed E-state index contributed by atoms with van der Waals surface area (Å²) >= 11 is 3.18. The topological polar surface area (TPSA) is 109 Å². The Kier molecular flexibility index (Phi) is 8.00. The first-order valence-corrected chi connectivity index (χ1v) is 13.1. The first kappa shape index (κ1) is 23.1. The summed E-state index contributed by atoms with van der Waals surface area (Å²) in [6.07, 6.45) is 2.50. The fourth-order valence-electron chi connectivity index (χ4n) is 4.64. The van der Waals surface area contributed by atoms with Crippen molar-refractivity contribution in [3.8, 4) is 0 Å². The van der Waals surface area contributed by atoms with Crippen LogP contribution >= 0.6 is 23.5 Å². The molecule has 1 aliphatic carbocycles. The average molecular weight is 475 g/mol. The number of hydrogen-bond donors (Lipinski definition) is 4. The van der Waals surface area contributed by atoms with Gasteiger partial charge in [-0.1, -0.05) is 0 Å². The molecular weight excluding hydrogens is 443 g/mol. The molecule has 3 aliphatic heterocycles. The minimum absolute atomic E-state index is 0.109. The highest BCUT2D eigenvalue weighted by Gasteiger charge is 2.42. The van der Waals surface area contributed by atoms with E-state index in [9.17, 15) is 18.8 Å². The molecular formula is C20H31FN4O4S2. The van der Waals surface area contributed by atoms with Gasteiger partial charge in [0.15, 0.2) is 0 Å². The van der Waals surface area contributed by atoms with E-state index in [2.05, 4.69) is 21.3 Å². The molecule has 0 aromatic heterocycles. The standard InChI is InChI=1S/C20H31FN4O4S2/c21-12-3-1-11(2-4-12)10-29-20(28)25-16(26)13-6-8-30-18(13)24-17(27)19-23-14-9-22-7-5-15(14)31-19/h11-15,18-19,22-23H,1-10H2,(H,24,27)(H,25,26,28). The Morgan fingerprint density at radius 2 is 1.87 bits per heavy atom. The first-order chi connectivity index (χ1) is 15.0. The quantitative estimate of drug-likeness (QED) is 0.473. The third-order valence-electron chi connectivity index (χ3n) is 6.50. The zero-order valence-corrected chi connectivity index (χ0v) is 19.1. The molecule has 3 saturated heterocycles. The van der Waals surface area contributed by atoms with Gasteiger partial charge in [-0.2, -0.15) is 0 Å². The molecule has 0 aromatic carbocycles. The van der Waals surface area contributed by atoms with Crippen molar-refractivity contribution < 1.29 is 23.5 Å². The zero-order valence-electron chi connectivity index (χ0n) is 17.4. The third-order valence-corrected chi connectivity index (χ3v) is 9.31. The van der Waals surface area contributed by atoms with Crippen LogP contribution in [0.3, 0.4) is 0 Å². The molecule has 0 spiro atoms. The highest BCUT2D eigenvalue weighted by atomic mass is 32.2. The number of imide groups is 1. The second-order valence-electron chi connectivity index (χ2n) is 8.72. The van der Waals surface area contributed by atoms with Crippen LogP contribution in [0.15, 0.2) is 0 Å². The van der Waals surface area contributed by atoms with Crippen LogP contribution in [0.1, 0.15) is 38.5 Å². The molecule has 4 fully saturated rings. The van der Waals surface area contributed by atoms with E-state index in [1.807, 2.05) is 0 Å². The predicted molar refractivity (Wildman–Crippen MR) is 118 cm³/mol. The molecule has 5 atom stereocenters. The molecule has 0 aromatic rings. The van der Waals surface area contributed by atoms with Crippen LogP contribution in [0, 0.1) is 11.8 Å². The lowest BCUT2D eigenvalue weighted by Crippen LogP contribution is -2.51. The molecule has 3 amide bonds. The lowest BCUT2D eigenvalue weighted by molar-refractivity contribution is -0.125. The van der Waals surface area contributed by atoms with Gasteiger partial charge in [0.25, 0.3) is 0 Å². The minimum atomic E-state index is -0.765. The fourth-order valence-corrected chi connectivity index (χ4v) is 7.39. The fraction of sp³-hybridized carbons (Fsp3) is 0.850. The van der Waals surface area contributed by atoms with Crippen LogP contribution in [0.2, 0.25) is 0 Å². The molecule has 31 heavy (non-hydrogen) atoms. The van der Waals surface area contributed by atoms with E-state index in [4.69, 9.17) is 4.74 Å². The molecule has 174 valence electrons. The largest absolute Gasteiger partial charge is 0.449 e. The molecule has 3 heterocycles. The van der Waals surface area contributed by atoms with Gasteiger partial charge in [0.1, 0.15) is 11.5 Å². The summed E-state index contributed by atoms with van der Waals surface area (Å²) in [6.45, 7) is 2.04. The van der Waals surface area contributed by atoms with Crippen molar-refractivity contribution >= 4 is 41.4 Å². The molecule has 4 N–H and O–H groups in total. The molecule has 5 unspecified atom stereocenters. The van der Waals surface area contributed by atoms with Crippen molar-refractivity contribution in [2.75, 3.05) is 25.4 Å². The van der Waals surface area contributed by atoms with E-state index in [1.54, 1.807) is 11.8 Å². The number of thioether (sulfide) groups is 2. The molecule has 0 bridgehead atoms.